The van der Waals surface area contributed by atoms with Gasteiger partial charge in [-0.1, -0.05) is 45.9 Å². The average Bonchev–Trinajstić information content (AvgIpc) is 2.51. The molecule has 0 aromatic heterocycles. The van der Waals surface area contributed by atoms with E-state index in [-0.39, 0.29) is 34.8 Å². The minimum Gasteiger partial charge on any atom is -0.462 e. The Morgan fingerprint density at radius 2 is 1.86 bits per heavy atom. The van der Waals surface area contributed by atoms with E-state index in [0.717, 1.165) is 24.8 Å². The highest BCUT2D eigenvalue weighted by atomic mass is 16.6. The van der Waals surface area contributed by atoms with Crippen molar-refractivity contribution in [3.05, 3.63) is 24.8 Å². The molecule has 0 radical (unpaired) electrons. The van der Waals surface area contributed by atoms with Crippen molar-refractivity contribution in [3.63, 3.8) is 0 Å². The maximum Gasteiger partial charge on any atom is 0.303 e. The Balaban J connectivity index is 2.32. The van der Waals surface area contributed by atoms with Crippen molar-refractivity contribution in [2.24, 2.45) is 22.7 Å². The Bertz CT molecular complexity index is 649. The van der Waals surface area contributed by atoms with Gasteiger partial charge >= 0.3 is 11.9 Å². The molecule has 1 unspecified atom stereocenters. The first-order valence-corrected chi connectivity index (χ1v) is 10.5. The van der Waals surface area contributed by atoms with Crippen LogP contribution in [0.2, 0.25) is 0 Å². The summed E-state index contributed by atoms with van der Waals surface area (Å²) in [5, 5.41) is 0. The molecule has 5 atom stereocenters. The SMILES string of the molecule is C=CC(C)(CC[C@@H]1C(=C)C[C@H](OC(C)=O)[C@H]2C(C)(C)CCC[C@]12C)OC(C)=O. The lowest BCUT2D eigenvalue weighted by molar-refractivity contribution is -0.171. The molecule has 28 heavy (non-hydrogen) atoms. The Morgan fingerprint density at radius 1 is 1.21 bits per heavy atom. The first kappa shape index (κ1) is 22.7. The lowest BCUT2D eigenvalue weighted by Crippen LogP contribution is -2.56. The molecule has 2 saturated carbocycles. The predicted molar refractivity (Wildman–Crippen MR) is 112 cm³/mol. The highest BCUT2D eigenvalue weighted by Gasteiger charge is 2.57. The van der Waals surface area contributed by atoms with Crippen LogP contribution in [0.15, 0.2) is 24.8 Å². The molecule has 4 nitrogen and oxygen atoms in total. The summed E-state index contributed by atoms with van der Waals surface area (Å²) in [6.45, 7) is 20.1. The number of carbonyl (C=O) groups excluding carboxylic acids is 2. The molecule has 0 heterocycles. The fraction of sp³-hybridized carbons (Fsp3) is 0.750. The molecule has 0 spiro atoms. The first-order valence-electron chi connectivity index (χ1n) is 10.5. The molecule has 2 aliphatic carbocycles. The number of rotatable bonds is 6. The van der Waals surface area contributed by atoms with Gasteiger partial charge in [-0.15, -0.1) is 0 Å². The lowest BCUT2D eigenvalue weighted by Gasteiger charge is -2.60. The molecule has 0 amide bonds. The zero-order valence-corrected chi connectivity index (χ0v) is 18.6. The first-order chi connectivity index (χ1) is 12.8. The molecular formula is C24H38O4. The second kappa shape index (κ2) is 8.04. The molecule has 0 aliphatic heterocycles. The van der Waals surface area contributed by atoms with E-state index >= 15 is 0 Å². The lowest BCUT2D eigenvalue weighted by atomic mass is 9.46. The van der Waals surface area contributed by atoms with Gasteiger partial charge in [0.25, 0.3) is 0 Å². The standard InChI is InChI=1S/C24H38O4/c1-9-23(7,28-18(4)26)14-11-19-16(2)15-20(27-17(3)25)21-22(5,6)12-10-13-24(19,21)8/h9,19-21H,1-2,10-15H2,3-8H3/t19-,20+,21+,23?,24-/m1/s1. The van der Waals surface area contributed by atoms with E-state index in [1.165, 1.54) is 20.3 Å². The van der Waals surface area contributed by atoms with Crippen LogP contribution in [0.25, 0.3) is 0 Å². The van der Waals surface area contributed by atoms with Crippen molar-refractivity contribution < 1.29 is 19.1 Å². The summed E-state index contributed by atoms with van der Waals surface area (Å²) >= 11 is 0. The quantitative estimate of drug-likeness (QED) is 0.437. The van der Waals surface area contributed by atoms with Crippen LogP contribution >= 0.6 is 0 Å². The normalized spacial score (nSPS) is 33.9. The summed E-state index contributed by atoms with van der Waals surface area (Å²) in [5.74, 6) is 0.0901. The largest absolute Gasteiger partial charge is 0.462 e. The fourth-order valence-corrected chi connectivity index (χ4v) is 6.24. The summed E-state index contributed by atoms with van der Waals surface area (Å²) in [6.07, 6.45) is 7.33. The molecular weight excluding hydrogens is 352 g/mol. The maximum atomic E-state index is 11.8. The molecule has 2 fully saturated rings. The third-order valence-electron chi connectivity index (χ3n) is 7.27. The van der Waals surface area contributed by atoms with Crippen LogP contribution in [0.4, 0.5) is 0 Å². The van der Waals surface area contributed by atoms with Crippen molar-refractivity contribution in [3.8, 4) is 0 Å². The van der Waals surface area contributed by atoms with Crippen molar-refractivity contribution >= 4 is 11.9 Å². The van der Waals surface area contributed by atoms with Crippen LogP contribution in [-0.4, -0.2) is 23.6 Å². The zero-order valence-electron chi connectivity index (χ0n) is 18.6. The number of fused-ring (bicyclic) bond motifs is 1. The van der Waals surface area contributed by atoms with E-state index in [2.05, 4.69) is 33.9 Å². The molecule has 0 aromatic rings. The van der Waals surface area contributed by atoms with Gasteiger partial charge in [0.1, 0.15) is 11.7 Å². The van der Waals surface area contributed by atoms with Gasteiger partial charge < -0.3 is 9.47 Å². The van der Waals surface area contributed by atoms with Crippen LogP contribution in [0, 0.1) is 22.7 Å². The second-order valence-corrected chi connectivity index (χ2v) is 10.0. The predicted octanol–water partition coefficient (Wildman–Crippen LogP) is 5.61. The summed E-state index contributed by atoms with van der Waals surface area (Å²) in [4.78, 5) is 23.3. The smallest absolute Gasteiger partial charge is 0.303 e. The van der Waals surface area contributed by atoms with Gasteiger partial charge in [-0.2, -0.15) is 0 Å². The monoisotopic (exact) mass is 390 g/mol. The Labute approximate surface area is 170 Å². The summed E-state index contributed by atoms with van der Waals surface area (Å²) < 4.78 is 11.4. The van der Waals surface area contributed by atoms with Gasteiger partial charge in [0, 0.05) is 26.2 Å². The Hall–Kier alpha value is -1.58. The topological polar surface area (TPSA) is 52.6 Å². The molecule has 0 saturated heterocycles. The van der Waals surface area contributed by atoms with Crippen LogP contribution in [0.5, 0.6) is 0 Å². The van der Waals surface area contributed by atoms with Gasteiger partial charge in [0.2, 0.25) is 0 Å². The van der Waals surface area contributed by atoms with E-state index in [1.807, 2.05) is 6.92 Å². The Morgan fingerprint density at radius 3 is 2.39 bits per heavy atom. The molecule has 2 aliphatic rings. The highest BCUT2D eigenvalue weighted by molar-refractivity contribution is 5.67. The molecule has 0 N–H and O–H groups in total. The zero-order chi connectivity index (χ0) is 21.3. The number of esters is 2. The third kappa shape index (κ3) is 4.52. The number of ether oxygens (including phenoxy) is 2. The fourth-order valence-electron chi connectivity index (χ4n) is 6.24. The van der Waals surface area contributed by atoms with Crippen molar-refractivity contribution in [2.75, 3.05) is 0 Å². The van der Waals surface area contributed by atoms with Crippen molar-refractivity contribution in [2.45, 2.75) is 91.8 Å². The summed E-state index contributed by atoms with van der Waals surface area (Å²) in [7, 11) is 0. The van der Waals surface area contributed by atoms with E-state index in [4.69, 9.17) is 9.47 Å². The summed E-state index contributed by atoms with van der Waals surface area (Å²) in [5.41, 5.74) is 0.589. The van der Waals surface area contributed by atoms with Crippen LogP contribution in [0.1, 0.15) is 80.1 Å². The van der Waals surface area contributed by atoms with Gasteiger partial charge in [-0.3, -0.25) is 9.59 Å². The Kier molecular flexibility index (Phi) is 6.52. The van der Waals surface area contributed by atoms with E-state index in [9.17, 15) is 9.59 Å². The van der Waals surface area contributed by atoms with Gasteiger partial charge in [-0.25, -0.2) is 0 Å². The molecule has 158 valence electrons. The van der Waals surface area contributed by atoms with Crippen LogP contribution in [-0.2, 0) is 19.1 Å². The number of hydrogen-bond acceptors (Lipinski definition) is 4. The average molecular weight is 391 g/mol. The van der Waals surface area contributed by atoms with Gasteiger partial charge in [0.05, 0.1) is 0 Å². The highest BCUT2D eigenvalue weighted by Crippen LogP contribution is 2.62. The van der Waals surface area contributed by atoms with Gasteiger partial charge in [-0.05, 0) is 55.4 Å². The molecule has 0 aromatic carbocycles. The van der Waals surface area contributed by atoms with Gasteiger partial charge in [0.15, 0.2) is 0 Å². The third-order valence-corrected chi connectivity index (χ3v) is 7.27. The maximum absolute atomic E-state index is 11.8. The minimum absolute atomic E-state index is 0.00943. The van der Waals surface area contributed by atoms with Crippen LogP contribution < -0.4 is 0 Å². The van der Waals surface area contributed by atoms with E-state index in [1.54, 1.807) is 6.08 Å². The van der Waals surface area contributed by atoms with E-state index < -0.39 is 5.60 Å². The van der Waals surface area contributed by atoms with Crippen molar-refractivity contribution in [1.82, 2.24) is 0 Å². The van der Waals surface area contributed by atoms with Crippen LogP contribution in [0.3, 0.4) is 0 Å². The molecule has 2 rings (SSSR count). The van der Waals surface area contributed by atoms with E-state index in [0.29, 0.717) is 18.8 Å². The minimum atomic E-state index is -0.672. The number of hydrogen-bond donors (Lipinski definition) is 0. The molecule has 4 heteroatoms. The number of carbonyl (C=O) groups is 2. The summed E-state index contributed by atoms with van der Waals surface area (Å²) in [6, 6.07) is 0. The van der Waals surface area contributed by atoms with Crippen molar-refractivity contribution in [1.29, 1.82) is 0 Å². The molecule has 0 bridgehead atoms. The second-order valence-electron chi connectivity index (χ2n) is 10.0.